The summed E-state index contributed by atoms with van der Waals surface area (Å²) in [7, 11) is 1.60. The van der Waals surface area contributed by atoms with Crippen molar-refractivity contribution in [3.05, 3.63) is 123 Å². The van der Waals surface area contributed by atoms with Crippen LogP contribution in [0.2, 0.25) is 0 Å². The number of aromatic nitrogens is 4. The van der Waals surface area contributed by atoms with Gasteiger partial charge in [-0.25, -0.2) is 18.7 Å². The second kappa shape index (κ2) is 9.42. The first-order valence-corrected chi connectivity index (χ1v) is 11.2. The first kappa shape index (κ1) is 22.3. The molecule has 2 aromatic heterocycles. The van der Waals surface area contributed by atoms with Crippen LogP contribution >= 0.6 is 0 Å². The minimum atomic E-state index is -0.517. The molecule has 0 aliphatic heterocycles. The van der Waals surface area contributed by atoms with Crippen LogP contribution in [0.5, 0.6) is 5.75 Å². The summed E-state index contributed by atoms with van der Waals surface area (Å²) in [6.45, 7) is 0.562. The molecule has 0 aliphatic rings. The van der Waals surface area contributed by atoms with Gasteiger partial charge in [-0.05, 0) is 53.9 Å². The first-order chi connectivity index (χ1) is 17.0. The fourth-order valence-corrected chi connectivity index (χ4v) is 4.17. The van der Waals surface area contributed by atoms with Gasteiger partial charge in [0.15, 0.2) is 11.2 Å². The van der Waals surface area contributed by atoms with Crippen LogP contribution in [-0.4, -0.2) is 25.8 Å². The number of fused-ring (bicyclic) bond motifs is 1. The monoisotopic (exact) mass is 470 g/mol. The second-order valence-electron chi connectivity index (χ2n) is 8.18. The molecule has 0 spiro atoms. The highest BCUT2D eigenvalue weighted by Crippen LogP contribution is 2.18. The second-order valence-corrected chi connectivity index (χ2v) is 8.18. The number of methoxy groups -OCH3 is 1. The molecule has 8 heteroatoms. The maximum Gasteiger partial charge on any atom is 0.337 e. The highest BCUT2D eigenvalue weighted by molar-refractivity contribution is 5.72. The van der Waals surface area contributed by atoms with E-state index in [9.17, 15) is 14.0 Å². The van der Waals surface area contributed by atoms with Gasteiger partial charge in [0, 0.05) is 13.1 Å². The Labute approximate surface area is 200 Å². The van der Waals surface area contributed by atoms with Crippen LogP contribution in [0.3, 0.4) is 0 Å². The zero-order valence-corrected chi connectivity index (χ0v) is 19.1. The molecule has 3 aromatic carbocycles. The van der Waals surface area contributed by atoms with Crippen molar-refractivity contribution in [1.29, 1.82) is 0 Å². The Morgan fingerprint density at radius 2 is 1.66 bits per heavy atom. The van der Waals surface area contributed by atoms with E-state index >= 15 is 0 Å². The van der Waals surface area contributed by atoms with Gasteiger partial charge in [0.25, 0.3) is 5.56 Å². The molecule has 0 amide bonds. The van der Waals surface area contributed by atoms with Crippen molar-refractivity contribution < 1.29 is 9.13 Å². The third-order valence-electron chi connectivity index (χ3n) is 5.94. The lowest BCUT2D eigenvalue weighted by Crippen LogP contribution is -2.40. The number of hydrogen-bond donors (Lipinski definition) is 0. The van der Waals surface area contributed by atoms with Gasteiger partial charge in [0.1, 0.15) is 11.6 Å². The molecule has 0 saturated heterocycles. The number of imidazole rings is 1. The van der Waals surface area contributed by atoms with Crippen molar-refractivity contribution in [2.45, 2.75) is 19.5 Å². The Morgan fingerprint density at radius 3 is 2.40 bits per heavy atom. The molecule has 35 heavy (non-hydrogen) atoms. The largest absolute Gasteiger partial charge is 0.497 e. The van der Waals surface area contributed by atoms with Crippen molar-refractivity contribution in [2.24, 2.45) is 0 Å². The molecule has 0 aliphatic carbocycles. The van der Waals surface area contributed by atoms with Crippen LogP contribution in [-0.2, 0) is 19.5 Å². The lowest BCUT2D eigenvalue weighted by Gasteiger charge is -2.13. The molecule has 0 atom stereocenters. The molecular weight excluding hydrogens is 447 g/mol. The maximum absolute atomic E-state index is 13.6. The number of halogens is 1. The summed E-state index contributed by atoms with van der Waals surface area (Å²) in [5.41, 5.74) is 1.95. The van der Waals surface area contributed by atoms with Gasteiger partial charge in [-0.1, -0.05) is 42.5 Å². The Hall–Kier alpha value is -4.46. The average molecular weight is 471 g/mol. The summed E-state index contributed by atoms with van der Waals surface area (Å²) in [4.78, 5) is 31.6. The summed E-state index contributed by atoms with van der Waals surface area (Å²) in [5, 5.41) is 0. The lowest BCUT2D eigenvalue weighted by molar-refractivity contribution is 0.414. The van der Waals surface area contributed by atoms with E-state index in [0.717, 1.165) is 11.1 Å². The number of rotatable bonds is 7. The van der Waals surface area contributed by atoms with Crippen LogP contribution < -0.4 is 16.0 Å². The first-order valence-electron chi connectivity index (χ1n) is 11.2. The maximum atomic E-state index is 13.6. The van der Waals surface area contributed by atoms with Crippen molar-refractivity contribution in [1.82, 2.24) is 18.7 Å². The molecule has 0 fully saturated rings. The summed E-state index contributed by atoms with van der Waals surface area (Å²) >= 11 is 0. The summed E-state index contributed by atoms with van der Waals surface area (Å²) in [6.07, 6.45) is 2.06. The van der Waals surface area contributed by atoms with Crippen molar-refractivity contribution in [3.63, 3.8) is 0 Å². The zero-order chi connectivity index (χ0) is 24.4. The Balaban J connectivity index is 1.67. The van der Waals surface area contributed by atoms with Gasteiger partial charge in [-0.3, -0.25) is 9.36 Å². The van der Waals surface area contributed by atoms with E-state index in [0.29, 0.717) is 29.9 Å². The molecule has 0 N–H and O–H groups in total. The van der Waals surface area contributed by atoms with Gasteiger partial charge in [-0.15, -0.1) is 0 Å². The van der Waals surface area contributed by atoms with E-state index in [-0.39, 0.29) is 12.2 Å². The molecule has 0 bridgehead atoms. The number of nitrogens with zero attached hydrogens (tertiary/aromatic N) is 4. The third-order valence-corrected chi connectivity index (χ3v) is 5.94. The summed E-state index contributed by atoms with van der Waals surface area (Å²) in [5.74, 6) is 0.286. The quantitative estimate of drug-likeness (QED) is 0.363. The minimum Gasteiger partial charge on any atom is -0.497 e. The molecule has 5 rings (SSSR count). The topological polar surface area (TPSA) is 71.1 Å². The minimum absolute atomic E-state index is 0.198. The zero-order valence-electron chi connectivity index (χ0n) is 19.1. The molecule has 5 aromatic rings. The fourth-order valence-electron chi connectivity index (χ4n) is 4.17. The molecule has 2 heterocycles. The third kappa shape index (κ3) is 4.38. The van der Waals surface area contributed by atoms with Gasteiger partial charge >= 0.3 is 5.69 Å². The van der Waals surface area contributed by atoms with Gasteiger partial charge in [0.2, 0.25) is 0 Å². The SMILES string of the molecule is COc1cccc(Cn2cnc3c2c(=O)n(CCc2ccccc2)c(=O)n3-c2ccc(F)cc2)c1. The lowest BCUT2D eigenvalue weighted by atomic mass is 10.1. The van der Waals surface area contributed by atoms with Crippen LogP contribution in [0.15, 0.2) is 94.8 Å². The molecule has 0 saturated carbocycles. The van der Waals surface area contributed by atoms with E-state index < -0.39 is 17.1 Å². The van der Waals surface area contributed by atoms with Crippen LogP contribution in [0.4, 0.5) is 4.39 Å². The molecule has 7 nitrogen and oxygen atoms in total. The van der Waals surface area contributed by atoms with E-state index in [1.807, 2.05) is 54.6 Å². The van der Waals surface area contributed by atoms with E-state index in [4.69, 9.17) is 4.74 Å². The number of hydrogen-bond acceptors (Lipinski definition) is 4. The normalized spacial score (nSPS) is 11.1. The molecule has 0 unspecified atom stereocenters. The Morgan fingerprint density at radius 1 is 0.914 bits per heavy atom. The highest BCUT2D eigenvalue weighted by Gasteiger charge is 2.19. The van der Waals surface area contributed by atoms with Crippen molar-refractivity contribution in [3.8, 4) is 11.4 Å². The van der Waals surface area contributed by atoms with E-state index in [1.165, 1.54) is 33.4 Å². The van der Waals surface area contributed by atoms with E-state index in [2.05, 4.69) is 4.98 Å². The molecular formula is C27H23FN4O3. The molecule has 176 valence electrons. The van der Waals surface area contributed by atoms with Crippen molar-refractivity contribution in [2.75, 3.05) is 7.11 Å². The van der Waals surface area contributed by atoms with Crippen LogP contribution in [0.25, 0.3) is 16.9 Å². The van der Waals surface area contributed by atoms with Gasteiger partial charge < -0.3 is 9.30 Å². The van der Waals surface area contributed by atoms with Gasteiger partial charge in [0.05, 0.1) is 19.1 Å². The Bertz CT molecular complexity index is 1600. The highest BCUT2D eigenvalue weighted by atomic mass is 19.1. The fraction of sp³-hybridized carbons (Fsp3) is 0.148. The van der Waals surface area contributed by atoms with Crippen LogP contribution in [0, 0.1) is 5.82 Å². The summed E-state index contributed by atoms with van der Waals surface area (Å²) in [6, 6.07) is 22.8. The van der Waals surface area contributed by atoms with E-state index in [1.54, 1.807) is 18.0 Å². The average Bonchev–Trinajstić information content (AvgIpc) is 3.29. The summed E-state index contributed by atoms with van der Waals surface area (Å²) < 4.78 is 23.2. The van der Waals surface area contributed by atoms with Crippen molar-refractivity contribution >= 4 is 11.2 Å². The Kier molecular flexibility index (Phi) is 6.01. The standard InChI is InChI=1S/C27H23FN4O3/c1-35-23-9-5-8-20(16-23)17-30-18-29-25-24(30)26(33)31(15-14-19-6-3-2-4-7-19)27(34)32(25)22-12-10-21(28)11-13-22/h2-13,16,18H,14-15,17H2,1H3. The molecule has 0 radical (unpaired) electrons. The predicted molar refractivity (Wildman–Crippen MR) is 132 cm³/mol. The van der Waals surface area contributed by atoms with Crippen LogP contribution in [0.1, 0.15) is 11.1 Å². The smallest absolute Gasteiger partial charge is 0.337 e. The number of aryl methyl sites for hydroxylation is 1. The predicted octanol–water partition coefficient (Wildman–Crippen LogP) is 3.79. The number of benzene rings is 3. The number of ether oxygens (including phenoxy) is 1. The van der Waals surface area contributed by atoms with Gasteiger partial charge in [-0.2, -0.15) is 0 Å².